The quantitative estimate of drug-likeness (QED) is 0.271. The molecule has 32 heavy (non-hydrogen) atoms. The second-order valence-electron chi connectivity index (χ2n) is 7.55. The molecule has 1 aromatic heterocycles. The number of anilines is 1. The monoisotopic (exact) mass is 544 g/mol. The Labute approximate surface area is 206 Å². The molecule has 0 bridgehead atoms. The average molecular weight is 544 g/mol. The van der Waals surface area contributed by atoms with E-state index in [1.807, 2.05) is 59.8 Å². The highest BCUT2D eigenvalue weighted by Crippen LogP contribution is 2.21. The van der Waals surface area contributed by atoms with Crippen LogP contribution in [0.15, 0.2) is 72.0 Å². The second-order valence-corrected chi connectivity index (χ2v) is 7.55. The topological polar surface area (TPSA) is 74.6 Å². The maximum absolute atomic E-state index is 11.9. The molecule has 1 amide bonds. The van der Waals surface area contributed by atoms with E-state index in [1.165, 1.54) is 5.56 Å². The predicted molar refractivity (Wildman–Crippen MR) is 138 cm³/mol. The molecule has 1 saturated heterocycles. The Balaban J connectivity index is 0.00000289. The Hall–Kier alpha value is -2.88. The molecule has 0 unspecified atom stereocenters. The van der Waals surface area contributed by atoms with Gasteiger partial charge in [-0.1, -0.05) is 42.5 Å². The molecule has 1 aliphatic rings. The molecule has 2 aromatic carbocycles. The van der Waals surface area contributed by atoms with Crippen LogP contribution in [-0.4, -0.2) is 35.0 Å². The molecule has 0 saturated carbocycles. The Morgan fingerprint density at radius 3 is 2.47 bits per heavy atom. The average Bonchev–Trinajstić information content (AvgIpc) is 3.43. The van der Waals surface area contributed by atoms with Crippen LogP contribution in [0.5, 0.6) is 0 Å². The number of rotatable bonds is 7. The molecule has 1 aliphatic heterocycles. The van der Waals surface area contributed by atoms with Gasteiger partial charge in [0.25, 0.3) is 0 Å². The van der Waals surface area contributed by atoms with Crippen LogP contribution in [0.2, 0.25) is 0 Å². The number of benzene rings is 2. The van der Waals surface area contributed by atoms with Gasteiger partial charge in [-0.2, -0.15) is 0 Å². The summed E-state index contributed by atoms with van der Waals surface area (Å²) in [7, 11) is 1.76. The first-order valence-electron chi connectivity index (χ1n) is 10.6. The van der Waals surface area contributed by atoms with Crippen molar-refractivity contribution >= 4 is 41.5 Å². The van der Waals surface area contributed by atoms with Crippen LogP contribution >= 0.6 is 24.0 Å². The highest BCUT2D eigenvalue weighted by molar-refractivity contribution is 14.0. The molecule has 1 fully saturated rings. The van der Waals surface area contributed by atoms with Crippen LogP contribution in [0.3, 0.4) is 0 Å². The van der Waals surface area contributed by atoms with Gasteiger partial charge in [-0.15, -0.1) is 24.0 Å². The number of nitrogens with zero attached hydrogens (tertiary/aromatic N) is 4. The first-order valence-corrected chi connectivity index (χ1v) is 10.6. The van der Waals surface area contributed by atoms with E-state index in [4.69, 9.17) is 0 Å². The van der Waals surface area contributed by atoms with E-state index >= 15 is 0 Å². The van der Waals surface area contributed by atoms with E-state index < -0.39 is 0 Å². The van der Waals surface area contributed by atoms with E-state index in [0.29, 0.717) is 25.5 Å². The third-order valence-electron chi connectivity index (χ3n) is 5.42. The van der Waals surface area contributed by atoms with Gasteiger partial charge in [0.15, 0.2) is 5.96 Å². The Morgan fingerprint density at radius 2 is 1.78 bits per heavy atom. The van der Waals surface area contributed by atoms with Crippen molar-refractivity contribution in [2.24, 2.45) is 4.99 Å². The van der Waals surface area contributed by atoms with Crippen molar-refractivity contribution in [1.82, 2.24) is 20.2 Å². The number of imidazole rings is 1. The fraction of sp³-hybridized carbons (Fsp3) is 0.292. The minimum atomic E-state index is 0. The summed E-state index contributed by atoms with van der Waals surface area (Å²) < 4.78 is 2.13. The van der Waals surface area contributed by atoms with Crippen molar-refractivity contribution in [3.05, 3.63) is 83.9 Å². The van der Waals surface area contributed by atoms with Gasteiger partial charge in [0.2, 0.25) is 5.91 Å². The van der Waals surface area contributed by atoms with Crippen molar-refractivity contribution in [3.8, 4) is 0 Å². The van der Waals surface area contributed by atoms with Gasteiger partial charge < -0.3 is 20.1 Å². The summed E-state index contributed by atoms with van der Waals surface area (Å²) in [5.41, 5.74) is 3.34. The summed E-state index contributed by atoms with van der Waals surface area (Å²) in [5.74, 6) is 1.88. The smallest absolute Gasteiger partial charge is 0.227 e. The molecule has 2 heterocycles. The number of carbonyl (C=O) groups excluding carboxylic acids is 1. The maximum atomic E-state index is 11.9. The predicted octanol–water partition coefficient (Wildman–Crippen LogP) is 3.54. The molecule has 168 valence electrons. The maximum Gasteiger partial charge on any atom is 0.227 e. The largest absolute Gasteiger partial charge is 0.352 e. The number of nitrogens with one attached hydrogen (secondary N) is 2. The molecule has 0 atom stereocenters. The lowest BCUT2D eigenvalue weighted by atomic mass is 10.2. The van der Waals surface area contributed by atoms with Crippen LogP contribution in [0.1, 0.15) is 29.8 Å². The van der Waals surface area contributed by atoms with E-state index in [0.717, 1.165) is 36.6 Å². The minimum absolute atomic E-state index is 0. The molecule has 2 N–H and O–H groups in total. The number of aliphatic imine (C=N–C) groups is 1. The van der Waals surface area contributed by atoms with Crippen LogP contribution in [0.4, 0.5) is 5.69 Å². The number of guanidine groups is 1. The number of halogens is 1. The van der Waals surface area contributed by atoms with E-state index in [1.54, 1.807) is 7.05 Å². The number of hydrogen-bond acceptors (Lipinski definition) is 3. The standard InChI is InChI=1S/C24H28N6O.HI/c1-25-24(27-16-19-9-11-21(12-10-19)30-14-5-8-23(30)31)28-17-22-26-13-15-29(22)18-20-6-3-2-4-7-20;/h2-4,6-7,9-13,15H,5,8,14,16-18H2,1H3,(H2,25,27,28);1H. The fourth-order valence-corrected chi connectivity index (χ4v) is 3.72. The van der Waals surface area contributed by atoms with Crippen LogP contribution in [0, 0.1) is 0 Å². The molecule has 8 heteroatoms. The minimum Gasteiger partial charge on any atom is -0.352 e. The lowest BCUT2D eigenvalue weighted by molar-refractivity contribution is -0.117. The molecule has 3 aromatic rings. The zero-order valence-electron chi connectivity index (χ0n) is 18.2. The van der Waals surface area contributed by atoms with E-state index in [9.17, 15) is 4.79 Å². The van der Waals surface area contributed by atoms with E-state index in [-0.39, 0.29) is 29.9 Å². The molecule has 0 aliphatic carbocycles. The molecular formula is C24H29IN6O. The van der Waals surface area contributed by atoms with Gasteiger partial charge in [0.1, 0.15) is 5.82 Å². The van der Waals surface area contributed by atoms with Crippen molar-refractivity contribution in [2.75, 3.05) is 18.5 Å². The van der Waals surface area contributed by atoms with E-state index in [2.05, 4.69) is 37.3 Å². The summed E-state index contributed by atoms with van der Waals surface area (Å²) in [4.78, 5) is 22.5. The zero-order chi connectivity index (χ0) is 21.5. The van der Waals surface area contributed by atoms with Crippen molar-refractivity contribution in [3.63, 3.8) is 0 Å². The molecule has 7 nitrogen and oxygen atoms in total. The summed E-state index contributed by atoms with van der Waals surface area (Å²) >= 11 is 0. The molecule has 4 rings (SSSR count). The van der Waals surface area contributed by atoms with Gasteiger partial charge >= 0.3 is 0 Å². The van der Waals surface area contributed by atoms with Gasteiger partial charge in [0, 0.05) is 51.2 Å². The van der Waals surface area contributed by atoms with Gasteiger partial charge in [0.05, 0.1) is 6.54 Å². The first kappa shape index (κ1) is 23.8. The van der Waals surface area contributed by atoms with Gasteiger partial charge in [-0.3, -0.25) is 9.79 Å². The normalized spacial score (nSPS) is 13.7. The number of hydrogen-bond donors (Lipinski definition) is 2. The van der Waals surface area contributed by atoms with Gasteiger partial charge in [-0.05, 0) is 29.7 Å². The number of amides is 1. The Morgan fingerprint density at radius 1 is 1.03 bits per heavy atom. The summed E-state index contributed by atoms with van der Waals surface area (Å²) in [5, 5.41) is 6.67. The molecule has 0 spiro atoms. The highest BCUT2D eigenvalue weighted by Gasteiger charge is 2.21. The zero-order valence-corrected chi connectivity index (χ0v) is 20.5. The van der Waals surface area contributed by atoms with Crippen LogP contribution in [-0.2, 0) is 24.4 Å². The van der Waals surface area contributed by atoms with Gasteiger partial charge in [-0.25, -0.2) is 4.98 Å². The van der Waals surface area contributed by atoms with Crippen LogP contribution < -0.4 is 15.5 Å². The molecular weight excluding hydrogens is 515 g/mol. The highest BCUT2D eigenvalue weighted by atomic mass is 127. The van der Waals surface area contributed by atoms with Crippen molar-refractivity contribution in [1.29, 1.82) is 0 Å². The van der Waals surface area contributed by atoms with Crippen LogP contribution in [0.25, 0.3) is 0 Å². The summed E-state index contributed by atoms with van der Waals surface area (Å²) in [6.45, 7) is 2.82. The third-order valence-corrected chi connectivity index (χ3v) is 5.42. The lowest BCUT2D eigenvalue weighted by Gasteiger charge is -2.16. The lowest BCUT2D eigenvalue weighted by Crippen LogP contribution is -2.37. The Kier molecular flexibility index (Phi) is 8.66. The second kappa shape index (κ2) is 11.7. The number of aromatic nitrogens is 2. The molecule has 0 radical (unpaired) electrons. The van der Waals surface area contributed by atoms with Crippen molar-refractivity contribution in [2.45, 2.75) is 32.5 Å². The third kappa shape index (κ3) is 6.09. The fourth-order valence-electron chi connectivity index (χ4n) is 3.72. The number of carbonyl (C=O) groups is 1. The first-order chi connectivity index (χ1) is 15.2. The Bertz CT molecular complexity index is 1030. The van der Waals surface area contributed by atoms with Crippen molar-refractivity contribution < 1.29 is 4.79 Å². The summed E-state index contributed by atoms with van der Waals surface area (Å²) in [6.07, 6.45) is 5.40. The SMILES string of the molecule is CN=C(NCc1ccc(N2CCCC2=O)cc1)NCc1nccn1Cc1ccccc1.I. The summed E-state index contributed by atoms with van der Waals surface area (Å²) in [6, 6.07) is 18.5.